The summed E-state index contributed by atoms with van der Waals surface area (Å²) in [5, 5.41) is 18.0. The van der Waals surface area contributed by atoms with Crippen LogP contribution in [0.2, 0.25) is 0 Å². The summed E-state index contributed by atoms with van der Waals surface area (Å²) in [6.07, 6.45) is -0.381. The van der Waals surface area contributed by atoms with Crippen LogP contribution in [0.3, 0.4) is 0 Å². The van der Waals surface area contributed by atoms with E-state index >= 15 is 0 Å². The lowest BCUT2D eigenvalue weighted by molar-refractivity contribution is -0.147. The van der Waals surface area contributed by atoms with Crippen LogP contribution in [0.5, 0.6) is 0 Å². The highest BCUT2D eigenvalue weighted by molar-refractivity contribution is 5.73. The summed E-state index contributed by atoms with van der Waals surface area (Å²) in [5.41, 5.74) is 2.05. The molecule has 2 atom stereocenters. The van der Waals surface area contributed by atoms with Gasteiger partial charge in [-0.25, -0.2) is 4.79 Å². The summed E-state index contributed by atoms with van der Waals surface area (Å²) in [6.45, 7) is 3.77. The topological polar surface area (TPSA) is 57.5 Å². The second-order valence-electron chi connectivity index (χ2n) is 3.67. The second-order valence-corrected chi connectivity index (χ2v) is 3.67. The molecule has 3 nitrogen and oxygen atoms in total. The number of aryl methyl sites for hydroxylation is 1. The zero-order valence-corrected chi connectivity index (χ0v) is 8.97. The minimum atomic E-state index is -1.34. The molecule has 2 unspecified atom stereocenters. The molecule has 1 aromatic rings. The molecular weight excluding hydrogens is 192 g/mol. The third-order valence-corrected chi connectivity index (χ3v) is 2.64. The molecule has 0 aliphatic heterocycles. The minimum Gasteiger partial charge on any atom is -0.479 e. The average molecular weight is 208 g/mol. The van der Waals surface area contributed by atoms with E-state index in [2.05, 4.69) is 6.92 Å². The maximum absolute atomic E-state index is 10.6. The molecule has 82 valence electrons. The smallest absolute Gasteiger partial charge is 0.333 e. The predicted octanol–water partition coefficient (Wildman–Crippen LogP) is 1.80. The van der Waals surface area contributed by atoms with Crippen molar-refractivity contribution >= 4 is 5.97 Å². The van der Waals surface area contributed by atoms with Crippen molar-refractivity contribution in [3.8, 4) is 0 Å². The summed E-state index contributed by atoms with van der Waals surface area (Å²) in [6, 6.07) is 7.66. The Morgan fingerprint density at radius 3 is 2.27 bits per heavy atom. The maximum atomic E-state index is 10.6. The molecule has 0 fully saturated rings. The van der Waals surface area contributed by atoms with Crippen molar-refractivity contribution < 1.29 is 15.0 Å². The molecular formula is C12H16O3. The molecule has 0 aliphatic carbocycles. The van der Waals surface area contributed by atoms with E-state index < -0.39 is 12.1 Å². The van der Waals surface area contributed by atoms with Crippen molar-refractivity contribution in [1.82, 2.24) is 0 Å². The Morgan fingerprint density at radius 1 is 1.33 bits per heavy atom. The summed E-state index contributed by atoms with van der Waals surface area (Å²) < 4.78 is 0. The monoisotopic (exact) mass is 208 g/mol. The van der Waals surface area contributed by atoms with Crippen LogP contribution in [-0.2, 0) is 11.2 Å². The first-order chi connectivity index (χ1) is 7.06. The van der Waals surface area contributed by atoms with E-state index in [-0.39, 0.29) is 5.92 Å². The summed E-state index contributed by atoms with van der Waals surface area (Å²) in [4.78, 5) is 10.6. The second kappa shape index (κ2) is 4.94. The number of rotatable bonds is 4. The number of carboxylic acid groups (broad SMARTS) is 1. The SMILES string of the molecule is CCc1ccc(C(C)C(O)C(=O)O)cc1. The number of benzene rings is 1. The molecule has 2 N–H and O–H groups in total. The Bertz CT molecular complexity index is 329. The number of hydrogen-bond donors (Lipinski definition) is 2. The largest absolute Gasteiger partial charge is 0.479 e. The zero-order chi connectivity index (χ0) is 11.4. The molecule has 0 saturated carbocycles. The van der Waals surface area contributed by atoms with Gasteiger partial charge in [0, 0.05) is 5.92 Å². The normalized spacial score (nSPS) is 14.6. The van der Waals surface area contributed by atoms with E-state index in [9.17, 15) is 9.90 Å². The fourth-order valence-corrected chi connectivity index (χ4v) is 1.45. The van der Waals surface area contributed by atoms with Crippen molar-refractivity contribution in [2.24, 2.45) is 0 Å². The van der Waals surface area contributed by atoms with Gasteiger partial charge in [-0.2, -0.15) is 0 Å². The van der Waals surface area contributed by atoms with Crippen LogP contribution < -0.4 is 0 Å². The molecule has 0 spiro atoms. The fraction of sp³-hybridized carbons (Fsp3) is 0.417. The Labute approximate surface area is 89.4 Å². The van der Waals surface area contributed by atoms with Crippen LogP contribution >= 0.6 is 0 Å². The molecule has 0 bridgehead atoms. The van der Waals surface area contributed by atoms with Crippen molar-refractivity contribution in [3.05, 3.63) is 35.4 Å². The first-order valence-corrected chi connectivity index (χ1v) is 5.06. The lowest BCUT2D eigenvalue weighted by Crippen LogP contribution is -2.25. The standard InChI is InChI=1S/C12H16O3/c1-3-9-4-6-10(7-5-9)8(2)11(13)12(14)15/h4-8,11,13H,3H2,1-2H3,(H,14,15). The summed E-state index contributed by atoms with van der Waals surface area (Å²) >= 11 is 0. The first-order valence-electron chi connectivity index (χ1n) is 5.06. The number of aliphatic carboxylic acids is 1. The van der Waals surface area contributed by atoms with Gasteiger partial charge in [-0.3, -0.25) is 0 Å². The lowest BCUT2D eigenvalue weighted by atomic mass is 9.94. The number of aliphatic hydroxyl groups is 1. The zero-order valence-electron chi connectivity index (χ0n) is 8.97. The fourth-order valence-electron chi connectivity index (χ4n) is 1.45. The highest BCUT2D eigenvalue weighted by atomic mass is 16.4. The van der Waals surface area contributed by atoms with E-state index in [1.807, 2.05) is 24.3 Å². The molecule has 1 rings (SSSR count). The van der Waals surface area contributed by atoms with Gasteiger partial charge in [0.05, 0.1) is 0 Å². The molecule has 0 saturated heterocycles. The van der Waals surface area contributed by atoms with Crippen LogP contribution in [-0.4, -0.2) is 22.3 Å². The molecule has 0 heterocycles. The third kappa shape index (κ3) is 2.80. The van der Waals surface area contributed by atoms with Crippen LogP contribution in [0.25, 0.3) is 0 Å². The molecule has 0 amide bonds. The van der Waals surface area contributed by atoms with E-state index in [1.165, 1.54) is 5.56 Å². The van der Waals surface area contributed by atoms with Crippen LogP contribution in [0, 0.1) is 0 Å². The van der Waals surface area contributed by atoms with Crippen molar-refractivity contribution in [2.75, 3.05) is 0 Å². The molecule has 15 heavy (non-hydrogen) atoms. The lowest BCUT2D eigenvalue weighted by Gasteiger charge is -2.15. The molecule has 3 heteroatoms. The third-order valence-electron chi connectivity index (χ3n) is 2.64. The van der Waals surface area contributed by atoms with Crippen LogP contribution in [0.4, 0.5) is 0 Å². The van der Waals surface area contributed by atoms with Crippen molar-refractivity contribution in [3.63, 3.8) is 0 Å². The Morgan fingerprint density at radius 2 is 1.87 bits per heavy atom. The molecule has 1 aromatic carbocycles. The van der Waals surface area contributed by atoms with Gasteiger partial charge < -0.3 is 10.2 Å². The van der Waals surface area contributed by atoms with E-state index in [1.54, 1.807) is 6.92 Å². The van der Waals surface area contributed by atoms with Crippen molar-refractivity contribution in [1.29, 1.82) is 0 Å². The summed E-state index contributed by atoms with van der Waals surface area (Å²) in [7, 11) is 0. The maximum Gasteiger partial charge on any atom is 0.333 e. The van der Waals surface area contributed by atoms with Crippen molar-refractivity contribution in [2.45, 2.75) is 32.3 Å². The Hall–Kier alpha value is -1.35. The number of aliphatic hydroxyl groups excluding tert-OH is 1. The highest BCUT2D eigenvalue weighted by Crippen LogP contribution is 2.20. The molecule has 0 aliphatic rings. The molecule has 0 radical (unpaired) electrons. The van der Waals surface area contributed by atoms with Gasteiger partial charge in [0.1, 0.15) is 0 Å². The van der Waals surface area contributed by atoms with Gasteiger partial charge >= 0.3 is 5.97 Å². The summed E-state index contributed by atoms with van der Waals surface area (Å²) in [5.74, 6) is -1.56. The van der Waals surface area contributed by atoms with Gasteiger partial charge in [0.25, 0.3) is 0 Å². The van der Waals surface area contributed by atoms with Gasteiger partial charge in [-0.1, -0.05) is 38.1 Å². The Kier molecular flexibility index (Phi) is 3.86. The Balaban J connectivity index is 2.82. The highest BCUT2D eigenvalue weighted by Gasteiger charge is 2.22. The predicted molar refractivity (Wildman–Crippen MR) is 57.9 cm³/mol. The first kappa shape index (κ1) is 11.7. The van der Waals surface area contributed by atoms with E-state index in [4.69, 9.17) is 5.11 Å². The molecule has 0 aromatic heterocycles. The van der Waals surface area contributed by atoms with Gasteiger partial charge in [-0.15, -0.1) is 0 Å². The van der Waals surface area contributed by atoms with E-state index in [0.717, 1.165) is 12.0 Å². The minimum absolute atomic E-state index is 0.381. The number of hydrogen-bond acceptors (Lipinski definition) is 2. The van der Waals surface area contributed by atoms with Gasteiger partial charge in [-0.05, 0) is 17.5 Å². The van der Waals surface area contributed by atoms with Gasteiger partial charge in [0.2, 0.25) is 0 Å². The number of carboxylic acids is 1. The number of carbonyl (C=O) groups is 1. The van der Waals surface area contributed by atoms with E-state index in [0.29, 0.717) is 0 Å². The van der Waals surface area contributed by atoms with Gasteiger partial charge in [0.15, 0.2) is 6.10 Å². The quantitative estimate of drug-likeness (QED) is 0.793. The average Bonchev–Trinajstić information content (AvgIpc) is 2.27. The van der Waals surface area contributed by atoms with Crippen LogP contribution in [0.15, 0.2) is 24.3 Å². The van der Waals surface area contributed by atoms with Crippen LogP contribution in [0.1, 0.15) is 30.9 Å².